The minimum absolute atomic E-state index is 0.00660. The summed E-state index contributed by atoms with van der Waals surface area (Å²) in [7, 11) is 1.66. The lowest BCUT2D eigenvalue weighted by atomic mass is 10.1. The topological polar surface area (TPSA) is 44.4 Å². The quantitative estimate of drug-likeness (QED) is 0.650. The first-order valence-corrected chi connectivity index (χ1v) is 8.34. The first kappa shape index (κ1) is 14.4. The van der Waals surface area contributed by atoms with E-state index in [4.69, 9.17) is 9.15 Å². The zero-order valence-corrected chi connectivity index (χ0v) is 14.0. The Morgan fingerprint density at radius 2 is 2.24 bits per heavy atom. The summed E-state index contributed by atoms with van der Waals surface area (Å²) in [5, 5.41) is 1.99. The van der Waals surface area contributed by atoms with Crippen LogP contribution < -0.4 is 10.5 Å². The third-order valence-electron chi connectivity index (χ3n) is 3.41. The van der Waals surface area contributed by atoms with Crippen molar-refractivity contribution in [2.24, 2.45) is 0 Å². The second kappa shape index (κ2) is 5.69. The maximum atomic E-state index is 11.7. The van der Waals surface area contributed by atoms with Gasteiger partial charge in [-0.3, -0.25) is 4.57 Å². The monoisotopic (exact) mass is 367 g/mol. The Morgan fingerprint density at radius 3 is 2.95 bits per heavy atom. The van der Waals surface area contributed by atoms with Crippen LogP contribution in [0.25, 0.3) is 11.1 Å². The van der Waals surface area contributed by atoms with Gasteiger partial charge in [-0.25, -0.2) is 4.79 Å². The molecule has 0 saturated carbocycles. The van der Waals surface area contributed by atoms with Gasteiger partial charge in [0.1, 0.15) is 5.75 Å². The number of oxazole rings is 1. The van der Waals surface area contributed by atoms with Gasteiger partial charge in [0.05, 0.1) is 22.3 Å². The number of fused-ring (bicyclic) bond motifs is 1. The summed E-state index contributed by atoms with van der Waals surface area (Å²) in [4.78, 5) is 12.8. The second-order valence-electron chi connectivity index (χ2n) is 4.56. The van der Waals surface area contributed by atoms with E-state index in [0.29, 0.717) is 12.1 Å². The van der Waals surface area contributed by atoms with Crippen molar-refractivity contribution in [1.29, 1.82) is 0 Å². The number of rotatable bonds is 4. The fourth-order valence-electron chi connectivity index (χ4n) is 2.35. The van der Waals surface area contributed by atoms with Gasteiger partial charge >= 0.3 is 5.76 Å². The van der Waals surface area contributed by atoms with Crippen LogP contribution in [0.3, 0.4) is 0 Å². The lowest BCUT2D eigenvalue weighted by Crippen LogP contribution is -2.11. The van der Waals surface area contributed by atoms with E-state index in [9.17, 15) is 4.79 Å². The number of benzene rings is 1. The molecule has 110 valence electrons. The van der Waals surface area contributed by atoms with Gasteiger partial charge in [0.25, 0.3) is 0 Å². The number of alkyl halides is 1. The third-order valence-corrected chi connectivity index (χ3v) is 5.66. The number of hydrogen-bond acceptors (Lipinski definition) is 4. The van der Waals surface area contributed by atoms with Crippen LogP contribution in [0.1, 0.15) is 22.2 Å². The predicted molar refractivity (Wildman–Crippen MR) is 87.8 cm³/mol. The molecule has 1 unspecified atom stereocenters. The Labute approximate surface area is 134 Å². The van der Waals surface area contributed by atoms with E-state index in [0.717, 1.165) is 21.7 Å². The van der Waals surface area contributed by atoms with Gasteiger partial charge in [-0.15, -0.1) is 11.3 Å². The van der Waals surface area contributed by atoms with Crippen molar-refractivity contribution in [2.45, 2.75) is 18.3 Å². The normalized spacial score (nSPS) is 12.7. The van der Waals surface area contributed by atoms with Gasteiger partial charge in [0.2, 0.25) is 0 Å². The Bertz CT molecular complexity index is 833. The van der Waals surface area contributed by atoms with E-state index in [1.807, 2.05) is 36.6 Å². The minimum Gasteiger partial charge on any atom is -0.496 e. The summed E-state index contributed by atoms with van der Waals surface area (Å²) < 4.78 is 12.3. The maximum absolute atomic E-state index is 11.7. The van der Waals surface area contributed by atoms with E-state index < -0.39 is 0 Å². The lowest BCUT2D eigenvalue weighted by molar-refractivity contribution is 0.413. The number of nitrogens with zero attached hydrogens (tertiary/aromatic N) is 1. The molecule has 0 N–H and O–H groups in total. The third kappa shape index (κ3) is 2.42. The van der Waals surface area contributed by atoms with Crippen molar-refractivity contribution in [3.63, 3.8) is 0 Å². The number of methoxy groups -OCH3 is 1. The summed E-state index contributed by atoms with van der Waals surface area (Å²) >= 11 is 5.32. The van der Waals surface area contributed by atoms with Gasteiger partial charge < -0.3 is 9.15 Å². The van der Waals surface area contributed by atoms with Gasteiger partial charge in [-0.2, -0.15) is 0 Å². The Balaban J connectivity index is 2.07. The molecule has 0 spiro atoms. The highest BCUT2D eigenvalue weighted by Crippen LogP contribution is 2.40. The number of hydrogen-bond donors (Lipinski definition) is 0. The SMILES string of the molecule is CCn1c(=O)oc2cc(C(Br)c3sccc3OC)ccc21. The summed E-state index contributed by atoms with van der Waals surface area (Å²) in [6.07, 6.45) is 0. The highest BCUT2D eigenvalue weighted by molar-refractivity contribution is 9.09. The molecule has 3 rings (SSSR count). The van der Waals surface area contributed by atoms with Crippen molar-refractivity contribution < 1.29 is 9.15 Å². The minimum atomic E-state index is -0.315. The van der Waals surface area contributed by atoms with Crippen molar-refractivity contribution in [3.05, 3.63) is 50.6 Å². The summed E-state index contributed by atoms with van der Waals surface area (Å²) in [5.41, 5.74) is 2.46. The molecular weight excluding hydrogens is 354 g/mol. The molecule has 0 bridgehead atoms. The average Bonchev–Trinajstić information content (AvgIpc) is 3.08. The molecule has 0 saturated heterocycles. The standard InChI is InChI=1S/C15H14BrNO3S/c1-3-17-10-5-4-9(8-12(10)20-15(17)18)13(16)14-11(19-2)6-7-21-14/h4-8,13H,3H2,1-2H3. The number of ether oxygens (including phenoxy) is 1. The fraction of sp³-hybridized carbons (Fsp3) is 0.267. The van der Waals surface area contributed by atoms with E-state index in [1.165, 1.54) is 0 Å². The van der Waals surface area contributed by atoms with Crippen LogP contribution in [-0.4, -0.2) is 11.7 Å². The van der Waals surface area contributed by atoms with Gasteiger partial charge in [-0.1, -0.05) is 22.0 Å². The first-order chi connectivity index (χ1) is 10.2. The molecule has 1 aromatic carbocycles. The maximum Gasteiger partial charge on any atom is 0.419 e. The molecule has 3 aromatic rings. The zero-order chi connectivity index (χ0) is 15.0. The van der Waals surface area contributed by atoms with Crippen LogP contribution in [0, 0.1) is 0 Å². The fourth-order valence-corrected chi connectivity index (χ4v) is 4.05. The predicted octanol–water partition coefficient (Wildman–Crippen LogP) is 4.17. The van der Waals surface area contributed by atoms with Crippen molar-refractivity contribution in [1.82, 2.24) is 4.57 Å². The molecule has 6 heteroatoms. The van der Waals surface area contributed by atoms with Gasteiger partial charge in [-0.05, 0) is 36.1 Å². The Kier molecular flexibility index (Phi) is 3.91. The summed E-state index contributed by atoms with van der Waals surface area (Å²) in [6.45, 7) is 2.52. The Hall–Kier alpha value is -1.53. The van der Waals surface area contributed by atoms with E-state index in [-0.39, 0.29) is 10.6 Å². The van der Waals surface area contributed by atoms with Gasteiger partial charge in [0, 0.05) is 6.54 Å². The van der Waals surface area contributed by atoms with Crippen LogP contribution in [0.4, 0.5) is 0 Å². The first-order valence-electron chi connectivity index (χ1n) is 6.54. The molecule has 0 aliphatic heterocycles. The van der Waals surface area contributed by atoms with E-state index in [2.05, 4.69) is 15.9 Å². The molecule has 0 amide bonds. The number of aromatic nitrogens is 1. The van der Waals surface area contributed by atoms with Crippen molar-refractivity contribution in [3.8, 4) is 5.75 Å². The largest absolute Gasteiger partial charge is 0.496 e. The molecule has 0 radical (unpaired) electrons. The summed E-state index contributed by atoms with van der Waals surface area (Å²) in [6, 6.07) is 7.78. The smallest absolute Gasteiger partial charge is 0.419 e. The highest BCUT2D eigenvalue weighted by Gasteiger charge is 2.18. The Morgan fingerprint density at radius 1 is 1.43 bits per heavy atom. The van der Waals surface area contributed by atoms with Crippen LogP contribution in [0.2, 0.25) is 0 Å². The molecule has 2 heterocycles. The summed E-state index contributed by atoms with van der Waals surface area (Å²) in [5.74, 6) is 0.541. The molecule has 0 fully saturated rings. The lowest BCUT2D eigenvalue weighted by Gasteiger charge is -2.10. The molecule has 4 nitrogen and oxygen atoms in total. The molecule has 1 atom stereocenters. The van der Waals surface area contributed by atoms with E-state index in [1.54, 1.807) is 23.0 Å². The van der Waals surface area contributed by atoms with Crippen LogP contribution in [0.15, 0.2) is 38.9 Å². The average molecular weight is 368 g/mol. The molecule has 2 aromatic heterocycles. The molecular formula is C15H14BrNO3S. The number of thiophene rings is 1. The van der Waals surface area contributed by atoms with Crippen LogP contribution >= 0.6 is 27.3 Å². The van der Waals surface area contributed by atoms with Crippen molar-refractivity contribution in [2.75, 3.05) is 7.11 Å². The molecule has 0 aliphatic rings. The van der Waals surface area contributed by atoms with Crippen LogP contribution in [-0.2, 0) is 6.54 Å². The number of aryl methyl sites for hydroxylation is 1. The molecule has 0 aliphatic carbocycles. The highest BCUT2D eigenvalue weighted by atomic mass is 79.9. The zero-order valence-electron chi connectivity index (χ0n) is 11.6. The number of halogens is 1. The van der Waals surface area contributed by atoms with Crippen LogP contribution in [0.5, 0.6) is 5.75 Å². The van der Waals surface area contributed by atoms with Gasteiger partial charge in [0.15, 0.2) is 5.58 Å². The molecule has 21 heavy (non-hydrogen) atoms. The van der Waals surface area contributed by atoms with E-state index >= 15 is 0 Å². The van der Waals surface area contributed by atoms with Crippen molar-refractivity contribution >= 4 is 38.4 Å². The second-order valence-corrected chi connectivity index (χ2v) is 6.42.